The van der Waals surface area contributed by atoms with Crippen LogP contribution < -0.4 is 0 Å². The number of rotatable bonds is 1. The van der Waals surface area contributed by atoms with Crippen molar-refractivity contribution in [3.8, 4) is 6.07 Å². The second kappa shape index (κ2) is 4.31. The van der Waals surface area contributed by atoms with Crippen molar-refractivity contribution in [1.29, 1.82) is 5.26 Å². The largest absolute Gasteiger partial charge is 0.465 e. The molecule has 0 bridgehead atoms. The van der Waals surface area contributed by atoms with E-state index in [1.807, 2.05) is 6.07 Å². The summed E-state index contributed by atoms with van der Waals surface area (Å²) in [4.78, 5) is 12.6. The van der Waals surface area contributed by atoms with Crippen LogP contribution in [-0.4, -0.2) is 28.4 Å². The van der Waals surface area contributed by atoms with E-state index in [0.29, 0.717) is 12.2 Å². The van der Waals surface area contributed by atoms with E-state index in [9.17, 15) is 9.90 Å². The van der Waals surface area contributed by atoms with Crippen LogP contribution in [0.2, 0.25) is 0 Å². The predicted molar refractivity (Wildman–Crippen MR) is 63.8 cm³/mol. The van der Waals surface area contributed by atoms with Gasteiger partial charge < -0.3 is 9.84 Å². The number of carboxylic acid groups (broad SMARTS) is 1. The molecule has 1 fully saturated rings. The molecule has 1 aliphatic heterocycles. The molecule has 1 saturated heterocycles. The standard InChI is InChI=1S/C13H14N2O3/c1-13(2)15(12(16)17)11(8-18-13)10-5-3-9(7-14)4-6-10/h3-6,11H,8H2,1-2H3,(H,16,17). The number of benzene rings is 1. The maximum atomic E-state index is 11.3. The Bertz CT molecular complexity index is 502. The first-order chi connectivity index (χ1) is 8.45. The lowest BCUT2D eigenvalue weighted by Crippen LogP contribution is -2.43. The van der Waals surface area contributed by atoms with Crippen molar-refractivity contribution in [3.63, 3.8) is 0 Å². The average Bonchev–Trinajstić information content (AvgIpc) is 2.65. The van der Waals surface area contributed by atoms with E-state index in [-0.39, 0.29) is 6.04 Å². The molecule has 1 aliphatic rings. The lowest BCUT2D eigenvalue weighted by molar-refractivity contribution is -0.0420. The minimum atomic E-state index is -1.01. The van der Waals surface area contributed by atoms with Gasteiger partial charge in [0, 0.05) is 0 Å². The second-order valence-electron chi connectivity index (χ2n) is 4.66. The summed E-state index contributed by atoms with van der Waals surface area (Å²) >= 11 is 0. The van der Waals surface area contributed by atoms with Crippen LogP contribution in [0.3, 0.4) is 0 Å². The molecule has 5 nitrogen and oxygen atoms in total. The van der Waals surface area contributed by atoms with Gasteiger partial charge in [-0.25, -0.2) is 4.79 Å². The average molecular weight is 246 g/mol. The number of hydrogen-bond donors (Lipinski definition) is 1. The molecular weight excluding hydrogens is 232 g/mol. The minimum Gasteiger partial charge on any atom is -0.465 e. The van der Waals surface area contributed by atoms with Crippen molar-refractivity contribution in [3.05, 3.63) is 35.4 Å². The lowest BCUT2D eigenvalue weighted by Gasteiger charge is -2.31. The van der Waals surface area contributed by atoms with Crippen LogP contribution in [0.15, 0.2) is 24.3 Å². The van der Waals surface area contributed by atoms with Crippen molar-refractivity contribution < 1.29 is 14.6 Å². The third-order valence-electron chi connectivity index (χ3n) is 3.12. The highest BCUT2D eigenvalue weighted by molar-refractivity contribution is 5.67. The van der Waals surface area contributed by atoms with E-state index < -0.39 is 11.8 Å². The van der Waals surface area contributed by atoms with Crippen molar-refractivity contribution >= 4 is 6.09 Å². The van der Waals surface area contributed by atoms with Crippen molar-refractivity contribution in [1.82, 2.24) is 4.90 Å². The fraction of sp³-hybridized carbons (Fsp3) is 0.385. The number of carbonyl (C=O) groups is 1. The number of ether oxygens (including phenoxy) is 1. The van der Waals surface area contributed by atoms with Gasteiger partial charge in [-0.05, 0) is 31.5 Å². The van der Waals surface area contributed by atoms with Crippen LogP contribution in [0.25, 0.3) is 0 Å². The van der Waals surface area contributed by atoms with E-state index >= 15 is 0 Å². The van der Waals surface area contributed by atoms with Gasteiger partial charge in [0.05, 0.1) is 24.3 Å². The summed E-state index contributed by atoms with van der Waals surface area (Å²) < 4.78 is 5.52. The molecular formula is C13H14N2O3. The quantitative estimate of drug-likeness (QED) is 0.825. The van der Waals surface area contributed by atoms with Gasteiger partial charge in [-0.15, -0.1) is 0 Å². The zero-order chi connectivity index (χ0) is 13.3. The first-order valence-electron chi connectivity index (χ1n) is 5.62. The highest BCUT2D eigenvalue weighted by Gasteiger charge is 2.44. The Hall–Kier alpha value is -2.06. The number of nitriles is 1. The Morgan fingerprint density at radius 2 is 2.11 bits per heavy atom. The van der Waals surface area contributed by atoms with Crippen LogP contribution in [-0.2, 0) is 4.74 Å². The second-order valence-corrected chi connectivity index (χ2v) is 4.66. The molecule has 1 atom stereocenters. The van der Waals surface area contributed by atoms with Gasteiger partial charge in [-0.2, -0.15) is 5.26 Å². The molecule has 0 spiro atoms. The van der Waals surface area contributed by atoms with Gasteiger partial charge in [0.15, 0.2) is 0 Å². The SMILES string of the molecule is CC1(C)OCC(c2ccc(C#N)cc2)N1C(=O)O. The van der Waals surface area contributed by atoms with E-state index in [2.05, 4.69) is 0 Å². The summed E-state index contributed by atoms with van der Waals surface area (Å²) in [6.45, 7) is 3.78. The molecule has 5 heteroatoms. The van der Waals surface area contributed by atoms with Gasteiger partial charge in [0.2, 0.25) is 0 Å². The Balaban J connectivity index is 2.32. The maximum Gasteiger partial charge on any atom is 0.410 e. The first-order valence-corrected chi connectivity index (χ1v) is 5.62. The van der Waals surface area contributed by atoms with Crippen LogP contribution in [0.1, 0.15) is 31.0 Å². The Kier molecular flexibility index (Phi) is 2.97. The fourth-order valence-corrected chi connectivity index (χ4v) is 2.19. The van der Waals surface area contributed by atoms with Crippen molar-refractivity contribution in [2.75, 3.05) is 6.61 Å². The minimum absolute atomic E-state index is 0.325. The van der Waals surface area contributed by atoms with Gasteiger partial charge in [0.25, 0.3) is 0 Å². The third-order valence-corrected chi connectivity index (χ3v) is 3.12. The zero-order valence-electron chi connectivity index (χ0n) is 10.3. The molecule has 0 aliphatic carbocycles. The normalized spacial score (nSPS) is 21.6. The first kappa shape index (κ1) is 12.4. The Morgan fingerprint density at radius 3 is 2.61 bits per heavy atom. The number of nitrogens with zero attached hydrogens (tertiary/aromatic N) is 2. The predicted octanol–water partition coefficient (Wildman–Crippen LogP) is 2.35. The van der Waals surface area contributed by atoms with Gasteiger partial charge in [-0.1, -0.05) is 12.1 Å². The molecule has 1 aromatic carbocycles. The van der Waals surface area contributed by atoms with E-state index in [0.717, 1.165) is 5.56 Å². The molecule has 1 amide bonds. The highest BCUT2D eigenvalue weighted by atomic mass is 16.5. The monoisotopic (exact) mass is 246 g/mol. The molecule has 1 N–H and O–H groups in total. The third kappa shape index (κ3) is 2.03. The number of amides is 1. The molecule has 18 heavy (non-hydrogen) atoms. The summed E-state index contributed by atoms with van der Waals surface area (Å²) in [5.41, 5.74) is 0.561. The van der Waals surface area contributed by atoms with E-state index in [1.54, 1.807) is 38.1 Å². The molecule has 2 rings (SSSR count). The summed E-state index contributed by atoms with van der Waals surface area (Å²) in [5.74, 6) is 0. The van der Waals surface area contributed by atoms with Crippen molar-refractivity contribution in [2.24, 2.45) is 0 Å². The molecule has 0 saturated carbocycles. The molecule has 1 heterocycles. The van der Waals surface area contributed by atoms with Gasteiger partial charge in [0.1, 0.15) is 5.72 Å². The van der Waals surface area contributed by atoms with Crippen LogP contribution in [0.5, 0.6) is 0 Å². The van der Waals surface area contributed by atoms with E-state index in [4.69, 9.17) is 10.00 Å². The molecule has 94 valence electrons. The summed E-state index contributed by atoms with van der Waals surface area (Å²) in [5, 5.41) is 18.0. The molecule has 1 aromatic rings. The Labute approximate surface area is 105 Å². The molecule has 0 aromatic heterocycles. The molecule has 0 radical (unpaired) electrons. The fourth-order valence-electron chi connectivity index (χ4n) is 2.19. The van der Waals surface area contributed by atoms with Crippen LogP contribution >= 0.6 is 0 Å². The van der Waals surface area contributed by atoms with Crippen LogP contribution in [0.4, 0.5) is 4.79 Å². The summed E-state index contributed by atoms with van der Waals surface area (Å²) in [6.07, 6.45) is -1.01. The topological polar surface area (TPSA) is 73.6 Å². The van der Waals surface area contributed by atoms with Gasteiger partial charge in [-0.3, -0.25) is 4.90 Å². The summed E-state index contributed by atoms with van der Waals surface area (Å²) in [7, 11) is 0. The number of hydrogen-bond acceptors (Lipinski definition) is 3. The Morgan fingerprint density at radius 1 is 1.50 bits per heavy atom. The maximum absolute atomic E-state index is 11.3. The van der Waals surface area contributed by atoms with Gasteiger partial charge >= 0.3 is 6.09 Å². The highest BCUT2D eigenvalue weighted by Crippen LogP contribution is 2.36. The van der Waals surface area contributed by atoms with Crippen molar-refractivity contribution in [2.45, 2.75) is 25.6 Å². The smallest absolute Gasteiger partial charge is 0.410 e. The zero-order valence-corrected chi connectivity index (χ0v) is 10.3. The lowest BCUT2D eigenvalue weighted by atomic mass is 10.0. The van der Waals surface area contributed by atoms with E-state index in [1.165, 1.54) is 4.90 Å². The molecule has 1 unspecified atom stereocenters. The summed E-state index contributed by atoms with van der Waals surface area (Å²) in [6, 6.07) is 8.60. The van der Waals surface area contributed by atoms with Crippen LogP contribution in [0, 0.1) is 11.3 Å².